The zero-order valence-corrected chi connectivity index (χ0v) is 13.4. The Morgan fingerprint density at radius 1 is 1.08 bits per heavy atom. The molecule has 0 bridgehead atoms. The average molecular weight is 336 g/mol. The van der Waals surface area contributed by atoms with Crippen molar-refractivity contribution in [2.24, 2.45) is 0 Å². The van der Waals surface area contributed by atoms with Gasteiger partial charge in [0.25, 0.3) is 5.91 Å². The second-order valence-electron chi connectivity index (χ2n) is 5.15. The van der Waals surface area contributed by atoms with Gasteiger partial charge in [0.1, 0.15) is 23.5 Å². The smallest absolute Gasteiger partial charge is 0.288 e. The number of aryl methyl sites for hydroxylation is 1. The highest BCUT2D eigenvalue weighted by Gasteiger charge is 2.12. The summed E-state index contributed by atoms with van der Waals surface area (Å²) in [5.41, 5.74) is 12.7. The lowest BCUT2D eigenvalue weighted by atomic mass is 10.2. The first-order valence-electron chi connectivity index (χ1n) is 7.46. The molecule has 1 aromatic carbocycles. The number of hydrazine groups is 1. The summed E-state index contributed by atoms with van der Waals surface area (Å²) in [4.78, 5) is 24.0. The van der Waals surface area contributed by atoms with Crippen LogP contribution < -0.4 is 21.3 Å². The number of anilines is 2. The van der Waals surface area contributed by atoms with E-state index in [1.807, 2.05) is 31.2 Å². The number of amides is 1. The number of benzene rings is 1. The molecule has 0 saturated heterocycles. The van der Waals surface area contributed by atoms with Crippen molar-refractivity contribution in [3.8, 4) is 11.6 Å². The van der Waals surface area contributed by atoms with E-state index in [2.05, 4.69) is 25.8 Å². The van der Waals surface area contributed by atoms with Gasteiger partial charge in [0.15, 0.2) is 5.82 Å². The number of nitrogens with one attached hydrogen (secondary N) is 2. The molecule has 0 saturated carbocycles. The highest BCUT2D eigenvalue weighted by molar-refractivity contribution is 5.93. The van der Waals surface area contributed by atoms with Crippen molar-refractivity contribution < 1.29 is 9.53 Å². The summed E-state index contributed by atoms with van der Waals surface area (Å²) in [6, 6.07) is 12.5. The number of hydrogen-bond donors (Lipinski definition) is 3. The van der Waals surface area contributed by atoms with E-state index in [1.54, 1.807) is 18.2 Å². The van der Waals surface area contributed by atoms with Crippen molar-refractivity contribution >= 4 is 17.4 Å². The number of pyridine rings is 1. The molecule has 0 unspecified atom stereocenters. The van der Waals surface area contributed by atoms with Crippen LogP contribution in [0, 0.1) is 6.92 Å². The van der Waals surface area contributed by atoms with Gasteiger partial charge < -0.3 is 10.5 Å². The Labute approximate surface area is 144 Å². The zero-order chi connectivity index (χ0) is 17.6. The zero-order valence-electron chi connectivity index (χ0n) is 13.4. The van der Waals surface area contributed by atoms with E-state index >= 15 is 0 Å². The largest absolute Gasteiger partial charge is 0.437 e. The molecule has 126 valence electrons. The number of rotatable bonds is 5. The van der Waals surface area contributed by atoms with Crippen LogP contribution >= 0.6 is 0 Å². The lowest BCUT2D eigenvalue weighted by Crippen LogP contribution is -2.30. The van der Waals surface area contributed by atoms with E-state index < -0.39 is 5.91 Å². The Balaban J connectivity index is 1.70. The van der Waals surface area contributed by atoms with Gasteiger partial charge in [0.05, 0.1) is 0 Å². The third kappa shape index (κ3) is 3.99. The van der Waals surface area contributed by atoms with Gasteiger partial charge in [0.2, 0.25) is 5.88 Å². The predicted molar refractivity (Wildman–Crippen MR) is 93.0 cm³/mol. The van der Waals surface area contributed by atoms with Crippen molar-refractivity contribution in [1.29, 1.82) is 0 Å². The maximum absolute atomic E-state index is 12.0. The standard InChI is InChI=1S/C17H16N6O2/c1-11-5-7-12(8-6-11)25-17-14(18)15(20-10-21-17)22-23-16(24)13-4-2-3-9-19-13/h2-10H,18H2,1H3,(H,23,24)(H,20,21,22). The van der Waals surface area contributed by atoms with Crippen molar-refractivity contribution in [3.05, 3.63) is 66.2 Å². The maximum Gasteiger partial charge on any atom is 0.288 e. The molecule has 8 nitrogen and oxygen atoms in total. The summed E-state index contributed by atoms with van der Waals surface area (Å²) in [6.45, 7) is 1.98. The summed E-state index contributed by atoms with van der Waals surface area (Å²) in [5.74, 6) is 0.592. The Morgan fingerprint density at radius 3 is 2.60 bits per heavy atom. The van der Waals surface area contributed by atoms with Crippen LogP contribution in [0.15, 0.2) is 55.0 Å². The third-order valence-corrected chi connectivity index (χ3v) is 3.27. The maximum atomic E-state index is 12.0. The van der Waals surface area contributed by atoms with Gasteiger partial charge in [-0.2, -0.15) is 4.98 Å². The molecule has 4 N–H and O–H groups in total. The number of hydrogen-bond acceptors (Lipinski definition) is 7. The van der Waals surface area contributed by atoms with Gasteiger partial charge in [-0.3, -0.25) is 20.6 Å². The molecule has 0 fully saturated rings. The highest BCUT2D eigenvalue weighted by atomic mass is 16.5. The molecule has 8 heteroatoms. The van der Waals surface area contributed by atoms with Crippen LogP contribution in [-0.4, -0.2) is 20.9 Å². The number of nitrogens with zero attached hydrogens (tertiary/aromatic N) is 3. The fourth-order valence-electron chi connectivity index (χ4n) is 1.96. The summed E-state index contributed by atoms with van der Waals surface area (Å²) >= 11 is 0. The van der Waals surface area contributed by atoms with Crippen LogP contribution in [0.4, 0.5) is 11.5 Å². The molecule has 0 aliphatic rings. The molecule has 3 rings (SSSR count). The molecule has 2 heterocycles. The first-order chi connectivity index (χ1) is 12.1. The second-order valence-corrected chi connectivity index (χ2v) is 5.15. The number of carbonyl (C=O) groups excluding carboxylic acids is 1. The van der Waals surface area contributed by atoms with E-state index in [0.717, 1.165) is 5.56 Å². The summed E-state index contributed by atoms with van der Waals surface area (Å²) in [5, 5.41) is 0. The van der Waals surface area contributed by atoms with Gasteiger partial charge in [-0.15, -0.1) is 0 Å². The molecule has 0 atom stereocenters. The van der Waals surface area contributed by atoms with Crippen LogP contribution in [0.1, 0.15) is 16.1 Å². The van der Waals surface area contributed by atoms with E-state index in [1.165, 1.54) is 12.5 Å². The molecule has 0 aliphatic heterocycles. The second kappa shape index (κ2) is 7.26. The van der Waals surface area contributed by atoms with Crippen molar-refractivity contribution in [2.45, 2.75) is 6.92 Å². The third-order valence-electron chi connectivity index (χ3n) is 3.27. The topological polar surface area (TPSA) is 115 Å². The fourth-order valence-corrected chi connectivity index (χ4v) is 1.96. The summed E-state index contributed by atoms with van der Waals surface area (Å²) in [7, 11) is 0. The van der Waals surface area contributed by atoms with Crippen molar-refractivity contribution in [1.82, 2.24) is 20.4 Å². The monoisotopic (exact) mass is 336 g/mol. The SMILES string of the molecule is Cc1ccc(Oc2ncnc(NNC(=O)c3ccccn3)c2N)cc1. The molecule has 3 aromatic rings. The van der Waals surface area contributed by atoms with E-state index in [-0.39, 0.29) is 23.1 Å². The van der Waals surface area contributed by atoms with Gasteiger partial charge in [-0.1, -0.05) is 23.8 Å². The first-order valence-corrected chi connectivity index (χ1v) is 7.46. The van der Waals surface area contributed by atoms with E-state index in [9.17, 15) is 4.79 Å². The molecule has 1 amide bonds. The number of carbonyl (C=O) groups is 1. The Morgan fingerprint density at radius 2 is 1.88 bits per heavy atom. The van der Waals surface area contributed by atoms with E-state index in [4.69, 9.17) is 10.5 Å². The average Bonchev–Trinajstić information content (AvgIpc) is 2.64. The fraction of sp³-hybridized carbons (Fsp3) is 0.0588. The molecule has 0 aliphatic carbocycles. The first kappa shape index (κ1) is 16.2. The molecule has 2 aromatic heterocycles. The number of nitrogens with two attached hydrogens (primary N) is 1. The highest BCUT2D eigenvalue weighted by Crippen LogP contribution is 2.28. The molecule has 0 radical (unpaired) electrons. The van der Waals surface area contributed by atoms with Crippen LogP contribution in [-0.2, 0) is 0 Å². The lowest BCUT2D eigenvalue weighted by molar-refractivity contribution is 0.0957. The molecule has 0 spiro atoms. The Kier molecular flexibility index (Phi) is 4.70. The molecular formula is C17H16N6O2. The van der Waals surface area contributed by atoms with Crippen molar-refractivity contribution in [3.63, 3.8) is 0 Å². The number of nitrogen functional groups attached to an aromatic ring is 1. The van der Waals surface area contributed by atoms with Gasteiger partial charge in [-0.05, 0) is 31.2 Å². The van der Waals surface area contributed by atoms with Crippen LogP contribution in [0.5, 0.6) is 11.6 Å². The quantitative estimate of drug-likeness (QED) is 0.612. The summed E-state index contributed by atoms with van der Waals surface area (Å²) in [6.07, 6.45) is 2.82. The van der Waals surface area contributed by atoms with Crippen molar-refractivity contribution in [2.75, 3.05) is 11.2 Å². The predicted octanol–water partition coefficient (Wildman–Crippen LogP) is 2.31. The van der Waals surface area contributed by atoms with Gasteiger partial charge >= 0.3 is 0 Å². The van der Waals surface area contributed by atoms with Crippen LogP contribution in [0.2, 0.25) is 0 Å². The van der Waals surface area contributed by atoms with Gasteiger partial charge in [0, 0.05) is 6.20 Å². The summed E-state index contributed by atoms with van der Waals surface area (Å²) < 4.78 is 5.66. The minimum absolute atomic E-state index is 0.171. The molecule has 25 heavy (non-hydrogen) atoms. The van der Waals surface area contributed by atoms with E-state index in [0.29, 0.717) is 5.75 Å². The van der Waals surface area contributed by atoms with Gasteiger partial charge in [-0.25, -0.2) is 4.98 Å². The Bertz CT molecular complexity index is 868. The number of aromatic nitrogens is 3. The number of ether oxygens (including phenoxy) is 1. The van der Waals surface area contributed by atoms with Crippen LogP contribution in [0.25, 0.3) is 0 Å². The van der Waals surface area contributed by atoms with Crippen LogP contribution in [0.3, 0.4) is 0 Å². The minimum Gasteiger partial charge on any atom is -0.437 e. The lowest BCUT2D eigenvalue weighted by Gasteiger charge is -2.12. The normalized spacial score (nSPS) is 10.1. The Hall–Kier alpha value is -3.68. The molecular weight excluding hydrogens is 320 g/mol. The minimum atomic E-state index is -0.417.